The van der Waals surface area contributed by atoms with E-state index in [1.54, 1.807) is 19.1 Å². The third-order valence-electron chi connectivity index (χ3n) is 3.58. The van der Waals surface area contributed by atoms with Crippen LogP contribution in [0, 0.1) is 0 Å². The lowest BCUT2D eigenvalue weighted by Crippen LogP contribution is -2.33. The Bertz CT molecular complexity index is 961. The number of pyridine rings is 1. The maximum Gasteiger partial charge on any atom is 0.280 e. The van der Waals surface area contributed by atoms with Gasteiger partial charge in [-0.05, 0) is 43.3 Å². The first-order valence-corrected chi connectivity index (χ1v) is 9.00. The van der Waals surface area contributed by atoms with Crippen LogP contribution in [0.4, 0.5) is 0 Å². The Balaban J connectivity index is 1.63. The summed E-state index contributed by atoms with van der Waals surface area (Å²) in [6.07, 6.45) is 0.768. The molecule has 0 aliphatic carbocycles. The number of benzene rings is 2. The fourth-order valence-corrected chi connectivity index (χ4v) is 2.69. The number of hydrogen-bond acceptors (Lipinski definition) is 4. The summed E-state index contributed by atoms with van der Waals surface area (Å²) < 4.78 is 6.51. The molecule has 3 rings (SSSR count). The molecule has 26 heavy (non-hydrogen) atoms. The number of hydrogen-bond donors (Lipinski definition) is 1. The summed E-state index contributed by atoms with van der Waals surface area (Å²) in [5.41, 5.74) is 3.87. The number of rotatable bonds is 5. The molecule has 0 saturated carbocycles. The molecule has 1 amide bonds. The molecule has 132 valence electrons. The van der Waals surface area contributed by atoms with Crippen LogP contribution < -0.4 is 10.2 Å². The van der Waals surface area contributed by atoms with Crippen LogP contribution in [0.15, 0.2) is 64.2 Å². The topological polar surface area (TPSA) is 63.6 Å². The molecule has 0 aliphatic rings. The van der Waals surface area contributed by atoms with Crippen molar-refractivity contribution >= 4 is 50.6 Å². The second kappa shape index (κ2) is 8.29. The molecule has 0 bridgehead atoms. The van der Waals surface area contributed by atoms with Crippen molar-refractivity contribution in [2.45, 2.75) is 13.0 Å². The zero-order valence-corrected chi connectivity index (χ0v) is 16.2. The lowest BCUT2D eigenvalue weighted by atomic mass is 10.2. The summed E-state index contributed by atoms with van der Waals surface area (Å²) in [4.78, 5) is 16.4. The largest absolute Gasteiger partial charge is 0.481 e. The van der Waals surface area contributed by atoms with Crippen LogP contribution >= 0.6 is 27.5 Å². The van der Waals surface area contributed by atoms with Crippen molar-refractivity contribution in [2.24, 2.45) is 5.10 Å². The molecular weight excluding hydrogens is 418 g/mol. The van der Waals surface area contributed by atoms with Crippen LogP contribution in [0.5, 0.6) is 5.75 Å². The van der Waals surface area contributed by atoms with Gasteiger partial charge in [-0.1, -0.05) is 45.7 Å². The molecule has 7 heteroatoms. The van der Waals surface area contributed by atoms with Gasteiger partial charge in [0.15, 0.2) is 6.10 Å². The second-order valence-electron chi connectivity index (χ2n) is 5.51. The molecule has 0 unspecified atom stereocenters. The average Bonchev–Trinajstić information content (AvgIpc) is 2.63. The third-order valence-corrected chi connectivity index (χ3v) is 4.41. The van der Waals surface area contributed by atoms with Gasteiger partial charge in [-0.3, -0.25) is 4.79 Å². The molecule has 1 atom stereocenters. The Kier molecular flexibility index (Phi) is 5.85. The summed E-state index contributed by atoms with van der Waals surface area (Å²) in [7, 11) is 0. The number of carbonyl (C=O) groups excluding carboxylic acids is 1. The van der Waals surface area contributed by atoms with E-state index in [9.17, 15) is 4.79 Å². The summed E-state index contributed by atoms with van der Waals surface area (Å²) in [6.45, 7) is 1.65. The van der Waals surface area contributed by atoms with Crippen LogP contribution in [0.1, 0.15) is 12.5 Å². The van der Waals surface area contributed by atoms with Gasteiger partial charge in [0, 0.05) is 15.4 Å². The SMILES string of the molecule is C[C@H](Oc1ccc(Br)cc1)C(=O)N/N=C\c1cc2ccccc2nc1Cl. The van der Waals surface area contributed by atoms with E-state index in [-0.39, 0.29) is 5.91 Å². The minimum Gasteiger partial charge on any atom is -0.481 e. The maximum absolute atomic E-state index is 12.1. The highest BCUT2D eigenvalue weighted by Crippen LogP contribution is 2.19. The van der Waals surface area contributed by atoms with Gasteiger partial charge in [0.1, 0.15) is 10.9 Å². The Morgan fingerprint density at radius 1 is 1.27 bits per heavy atom. The molecule has 0 fully saturated rings. The molecular formula is C19H15BrClN3O2. The van der Waals surface area contributed by atoms with E-state index in [2.05, 4.69) is 31.4 Å². The summed E-state index contributed by atoms with van der Waals surface area (Å²) in [5, 5.41) is 5.21. The fourth-order valence-electron chi connectivity index (χ4n) is 2.23. The lowest BCUT2D eigenvalue weighted by Gasteiger charge is -2.12. The van der Waals surface area contributed by atoms with Gasteiger partial charge < -0.3 is 4.74 Å². The molecule has 2 aromatic carbocycles. The van der Waals surface area contributed by atoms with Gasteiger partial charge in [-0.2, -0.15) is 5.10 Å². The third kappa shape index (κ3) is 4.59. The quantitative estimate of drug-likeness (QED) is 0.365. The van der Waals surface area contributed by atoms with Crippen molar-refractivity contribution in [3.63, 3.8) is 0 Å². The molecule has 0 radical (unpaired) electrons. The zero-order valence-electron chi connectivity index (χ0n) is 13.8. The van der Waals surface area contributed by atoms with Crippen LogP contribution in [-0.4, -0.2) is 23.2 Å². The zero-order chi connectivity index (χ0) is 18.5. The fraction of sp³-hybridized carbons (Fsp3) is 0.105. The maximum atomic E-state index is 12.1. The second-order valence-corrected chi connectivity index (χ2v) is 6.78. The number of hydrazone groups is 1. The summed E-state index contributed by atoms with van der Waals surface area (Å²) >= 11 is 9.51. The highest BCUT2D eigenvalue weighted by Gasteiger charge is 2.14. The summed E-state index contributed by atoms with van der Waals surface area (Å²) in [6, 6.07) is 16.7. The Hall–Kier alpha value is -2.44. The Labute approximate surface area is 164 Å². The van der Waals surface area contributed by atoms with E-state index in [0.29, 0.717) is 16.5 Å². The smallest absolute Gasteiger partial charge is 0.280 e. The van der Waals surface area contributed by atoms with Crippen molar-refractivity contribution in [3.8, 4) is 5.75 Å². The number of fused-ring (bicyclic) bond motifs is 1. The highest BCUT2D eigenvalue weighted by molar-refractivity contribution is 9.10. The monoisotopic (exact) mass is 431 g/mol. The average molecular weight is 433 g/mol. The number of ether oxygens (including phenoxy) is 1. The minimum absolute atomic E-state index is 0.320. The molecule has 1 N–H and O–H groups in total. The van der Waals surface area contributed by atoms with Crippen LogP contribution in [0.25, 0.3) is 10.9 Å². The van der Waals surface area contributed by atoms with E-state index in [4.69, 9.17) is 16.3 Å². The van der Waals surface area contributed by atoms with Crippen LogP contribution in [0.3, 0.4) is 0 Å². The molecule has 5 nitrogen and oxygen atoms in total. The number of halogens is 2. The minimum atomic E-state index is -0.696. The number of amides is 1. The van der Waals surface area contributed by atoms with Crippen molar-refractivity contribution in [3.05, 3.63) is 69.8 Å². The van der Waals surface area contributed by atoms with E-state index >= 15 is 0 Å². The van der Waals surface area contributed by atoms with Crippen molar-refractivity contribution < 1.29 is 9.53 Å². The number of nitrogens with zero attached hydrogens (tertiary/aromatic N) is 2. The van der Waals surface area contributed by atoms with Crippen LogP contribution in [0.2, 0.25) is 5.15 Å². The normalized spacial score (nSPS) is 12.3. The highest BCUT2D eigenvalue weighted by atomic mass is 79.9. The lowest BCUT2D eigenvalue weighted by molar-refractivity contribution is -0.127. The van der Waals surface area contributed by atoms with E-state index in [1.165, 1.54) is 6.21 Å². The van der Waals surface area contributed by atoms with Crippen molar-refractivity contribution in [1.82, 2.24) is 10.4 Å². The first kappa shape index (κ1) is 18.4. The molecule has 1 aromatic heterocycles. The van der Waals surface area contributed by atoms with E-state index < -0.39 is 6.10 Å². The molecule has 0 spiro atoms. The predicted octanol–water partition coefficient (Wildman–Crippen LogP) is 4.57. The van der Waals surface area contributed by atoms with Gasteiger partial charge in [0.2, 0.25) is 0 Å². The number of nitrogens with one attached hydrogen (secondary N) is 1. The Morgan fingerprint density at radius 2 is 2.00 bits per heavy atom. The first-order valence-electron chi connectivity index (χ1n) is 7.83. The number of para-hydroxylation sites is 1. The summed E-state index contributed by atoms with van der Waals surface area (Å²) in [5.74, 6) is 0.232. The number of aromatic nitrogens is 1. The van der Waals surface area contributed by atoms with Gasteiger partial charge in [0.05, 0.1) is 11.7 Å². The standard InChI is InChI=1S/C19H15BrClN3O2/c1-12(26-16-8-6-15(20)7-9-16)19(25)24-22-11-14-10-13-4-2-3-5-17(13)23-18(14)21/h2-12H,1H3,(H,24,25)/b22-11-/t12-/m0/s1. The molecule has 3 aromatic rings. The number of carbonyl (C=O) groups is 1. The Morgan fingerprint density at radius 3 is 2.77 bits per heavy atom. The van der Waals surface area contributed by atoms with Crippen molar-refractivity contribution in [2.75, 3.05) is 0 Å². The predicted molar refractivity (Wildman–Crippen MR) is 107 cm³/mol. The van der Waals surface area contributed by atoms with Gasteiger partial charge >= 0.3 is 0 Å². The molecule has 1 heterocycles. The van der Waals surface area contributed by atoms with Gasteiger partial charge in [-0.25, -0.2) is 10.4 Å². The first-order chi connectivity index (χ1) is 12.5. The molecule has 0 saturated heterocycles. The van der Waals surface area contributed by atoms with Crippen molar-refractivity contribution in [1.29, 1.82) is 0 Å². The molecule has 0 aliphatic heterocycles. The van der Waals surface area contributed by atoms with Crippen LogP contribution in [-0.2, 0) is 4.79 Å². The van der Waals surface area contributed by atoms with E-state index in [1.807, 2.05) is 42.5 Å². The van der Waals surface area contributed by atoms with Gasteiger partial charge in [0.25, 0.3) is 5.91 Å². The van der Waals surface area contributed by atoms with Gasteiger partial charge in [-0.15, -0.1) is 0 Å². The van der Waals surface area contributed by atoms with E-state index in [0.717, 1.165) is 15.4 Å².